The molecule has 2 amide bonds. The van der Waals surface area contributed by atoms with Gasteiger partial charge in [0.25, 0.3) is 0 Å². The Balaban J connectivity index is 1.72. The van der Waals surface area contributed by atoms with Gasteiger partial charge in [0.05, 0.1) is 0 Å². The number of nitrogens with one attached hydrogen (secondary N) is 1. The van der Waals surface area contributed by atoms with Crippen molar-refractivity contribution in [2.75, 3.05) is 11.9 Å². The van der Waals surface area contributed by atoms with Gasteiger partial charge >= 0.3 is 6.03 Å². The number of aromatic nitrogens is 3. The molecular formula is C13H14ClN5O. The lowest BCUT2D eigenvalue weighted by molar-refractivity contribution is 0.206. The molecule has 104 valence electrons. The average Bonchev–Trinajstić information content (AvgIpc) is 2.83. The van der Waals surface area contributed by atoms with Crippen LogP contribution in [0, 0.1) is 0 Å². The van der Waals surface area contributed by atoms with Crippen LogP contribution in [-0.4, -0.2) is 32.2 Å². The third kappa shape index (κ3) is 2.46. The van der Waals surface area contributed by atoms with Crippen molar-refractivity contribution in [3.05, 3.63) is 40.7 Å². The Morgan fingerprint density at radius 1 is 1.40 bits per heavy atom. The Kier molecular flexibility index (Phi) is 3.31. The normalized spacial score (nSPS) is 14.0. The summed E-state index contributed by atoms with van der Waals surface area (Å²) >= 11 is 5.98. The van der Waals surface area contributed by atoms with Gasteiger partial charge in [-0.25, -0.2) is 9.48 Å². The molecular weight excluding hydrogens is 278 g/mol. The summed E-state index contributed by atoms with van der Waals surface area (Å²) in [5.74, 6) is 0.442. The van der Waals surface area contributed by atoms with E-state index in [0.717, 1.165) is 17.0 Å². The van der Waals surface area contributed by atoms with E-state index in [2.05, 4.69) is 15.4 Å². The van der Waals surface area contributed by atoms with E-state index in [4.69, 9.17) is 11.6 Å². The molecule has 0 atom stereocenters. The summed E-state index contributed by atoms with van der Waals surface area (Å²) in [5, 5.41) is 7.41. The highest BCUT2D eigenvalue weighted by Gasteiger charge is 2.21. The topological polar surface area (TPSA) is 63.1 Å². The van der Waals surface area contributed by atoms with Crippen LogP contribution in [-0.2, 0) is 20.0 Å². The number of fused-ring (bicyclic) bond motifs is 1. The largest absolute Gasteiger partial charge is 0.324 e. The molecule has 0 spiro atoms. The van der Waals surface area contributed by atoms with Crippen LogP contribution in [0.3, 0.4) is 0 Å². The fourth-order valence-corrected chi connectivity index (χ4v) is 2.47. The third-order valence-electron chi connectivity index (χ3n) is 3.40. The van der Waals surface area contributed by atoms with Gasteiger partial charge in [-0.2, -0.15) is 10.1 Å². The number of nitrogens with zero attached hydrogens (tertiary/aromatic N) is 4. The van der Waals surface area contributed by atoms with Gasteiger partial charge in [0, 0.05) is 25.2 Å². The monoisotopic (exact) mass is 291 g/mol. The smallest absolute Gasteiger partial charge is 0.320 e. The predicted octanol–water partition coefficient (Wildman–Crippen LogP) is 2.06. The summed E-state index contributed by atoms with van der Waals surface area (Å²) in [5.41, 5.74) is 2.34. The number of benzene rings is 1. The molecule has 0 bridgehead atoms. The fraction of sp³-hybridized carbons (Fsp3) is 0.308. The lowest BCUT2D eigenvalue weighted by Crippen LogP contribution is -2.39. The average molecular weight is 292 g/mol. The minimum atomic E-state index is -0.165. The highest BCUT2D eigenvalue weighted by Crippen LogP contribution is 2.22. The molecule has 1 N–H and O–H groups in total. The van der Waals surface area contributed by atoms with Gasteiger partial charge in [0.2, 0.25) is 5.95 Å². The van der Waals surface area contributed by atoms with Gasteiger partial charge in [-0.15, -0.1) is 0 Å². The highest BCUT2D eigenvalue weighted by molar-refractivity contribution is 6.30. The van der Waals surface area contributed by atoms with E-state index in [1.165, 1.54) is 16.6 Å². The van der Waals surface area contributed by atoms with Crippen LogP contribution in [0.1, 0.15) is 11.1 Å². The number of carbonyl (C=O) groups is 1. The van der Waals surface area contributed by atoms with E-state index in [0.29, 0.717) is 19.0 Å². The molecule has 1 aliphatic heterocycles. The van der Waals surface area contributed by atoms with E-state index in [9.17, 15) is 4.79 Å². The molecule has 0 fully saturated rings. The summed E-state index contributed by atoms with van der Waals surface area (Å²) in [6.07, 6.45) is 2.21. The minimum Gasteiger partial charge on any atom is -0.320 e. The van der Waals surface area contributed by atoms with Crippen LogP contribution in [0.5, 0.6) is 0 Å². The summed E-state index contributed by atoms with van der Waals surface area (Å²) < 4.78 is 1.52. The van der Waals surface area contributed by atoms with Crippen molar-refractivity contribution in [3.8, 4) is 0 Å². The molecule has 6 nitrogen and oxygen atoms in total. The van der Waals surface area contributed by atoms with Crippen molar-refractivity contribution < 1.29 is 4.79 Å². The van der Waals surface area contributed by atoms with E-state index < -0.39 is 0 Å². The van der Waals surface area contributed by atoms with Gasteiger partial charge in [-0.3, -0.25) is 5.32 Å². The van der Waals surface area contributed by atoms with Gasteiger partial charge in [-0.05, 0) is 29.7 Å². The Hall–Kier alpha value is -2.08. The number of rotatable bonds is 1. The zero-order valence-corrected chi connectivity index (χ0v) is 11.8. The molecule has 3 rings (SSSR count). The van der Waals surface area contributed by atoms with Crippen molar-refractivity contribution in [1.82, 2.24) is 19.7 Å². The quantitative estimate of drug-likeness (QED) is 0.875. The van der Waals surface area contributed by atoms with Crippen LogP contribution < -0.4 is 5.32 Å². The Labute approximate surface area is 121 Å². The first-order valence-electron chi connectivity index (χ1n) is 6.31. The third-order valence-corrected chi connectivity index (χ3v) is 3.63. The van der Waals surface area contributed by atoms with Gasteiger partial charge in [0.15, 0.2) is 0 Å². The first-order chi connectivity index (χ1) is 9.63. The molecule has 2 aromatic rings. The van der Waals surface area contributed by atoms with Crippen LogP contribution in [0.15, 0.2) is 24.5 Å². The van der Waals surface area contributed by atoms with Gasteiger partial charge < -0.3 is 4.90 Å². The molecule has 0 unspecified atom stereocenters. The summed E-state index contributed by atoms with van der Waals surface area (Å²) in [4.78, 5) is 17.9. The molecule has 0 saturated heterocycles. The minimum absolute atomic E-state index is 0.165. The van der Waals surface area contributed by atoms with Crippen LogP contribution in [0.4, 0.5) is 10.7 Å². The van der Waals surface area contributed by atoms with Crippen molar-refractivity contribution in [1.29, 1.82) is 0 Å². The van der Waals surface area contributed by atoms with E-state index in [1.54, 1.807) is 11.9 Å². The van der Waals surface area contributed by atoms with Crippen LogP contribution in [0.2, 0.25) is 5.02 Å². The molecule has 1 aromatic carbocycles. The van der Waals surface area contributed by atoms with Crippen molar-refractivity contribution in [3.63, 3.8) is 0 Å². The maximum absolute atomic E-state index is 12.2. The number of aryl methyl sites for hydroxylation is 1. The summed E-state index contributed by atoms with van der Waals surface area (Å²) in [7, 11) is 1.73. The standard InChI is InChI=1S/C13H14ClN5O/c1-18-12(15-8-16-18)17-13(20)19-5-4-9-6-11(14)3-2-10(9)7-19/h2-3,6,8H,4-5,7H2,1H3,(H,15,16,17,20). The SMILES string of the molecule is Cn1ncnc1NC(=O)N1CCc2cc(Cl)ccc2C1. The maximum atomic E-state index is 12.2. The number of amides is 2. The molecule has 0 radical (unpaired) electrons. The second-order valence-corrected chi connectivity index (χ2v) is 5.16. The molecule has 1 aromatic heterocycles. The first kappa shape index (κ1) is 12.9. The summed E-state index contributed by atoms with van der Waals surface area (Å²) in [6, 6.07) is 5.63. The molecule has 0 saturated carbocycles. The predicted molar refractivity (Wildman–Crippen MR) is 75.6 cm³/mol. The number of halogens is 1. The van der Waals surface area contributed by atoms with E-state index in [1.807, 2.05) is 18.2 Å². The van der Waals surface area contributed by atoms with Crippen LogP contribution in [0.25, 0.3) is 0 Å². The zero-order valence-electron chi connectivity index (χ0n) is 11.0. The number of hydrogen-bond acceptors (Lipinski definition) is 3. The zero-order chi connectivity index (χ0) is 14.1. The Morgan fingerprint density at radius 2 is 2.25 bits per heavy atom. The Bertz CT molecular complexity index is 654. The van der Waals surface area contributed by atoms with E-state index >= 15 is 0 Å². The highest BCUT2D eigenvalue weighted by atomic mass is 35.5. The van der Waals surface area contributed by atoms with Crippen molar-refractivity contribution >= 4 is 23.6 Å². The molecule has 20 heavy (non-hydrogen) atoms. The van der Waals surface area contributed by atoms with Gasteiger partial charge in [0.1, 0.15) is 6.33 Å². The molecule has 7 heteroatoms. The molecule has 1 aliphatic rings. The van der Waals surface area contributed by atoms with Crippen molar-refractivity contribution in [2.45, 2.75) is 13.0 Å². The number of hydrogen-bond donors (Lipinski definition) is 1. The fourth-order valence-electron chi connectivity index (χ4n) is 2.28. The Morgan fingerprint density at radius 3 is 3.00 bits per heavy atom. The number of carbonyl (C=O) groups excluding carboxylic acids is 1. The van der Waals surface area contributed by atoms with Gasteiger partial charge in [-0.1, -0.05) is 17.7 Å². The second-order valence-electron chi connectivity index (χ2n) is 4.72. The lowest BCUT2D eigenvalue weighted by atomic mass is 10.0. The lowest BCUT2D eigenvalue weighted by Gasteiger charge is -2.28. The molecule has 2 heterocycles. The number of urea groups is 1. The van der Waals surface area contributed by atoms with Crippen molar-refractivity contribution in [2.24, 2.45) is 7.05 Å². The summed E-state index contributed by atoms with van der Waals surface area (Å²) in [6.45, 7) is 1.24. The van der Waals surface area contributed by atoms with E-state index in [-0.39, 0.29) is 6.03 Å². The second kappa shape index (κ2) is 5.13. The first-order valence-corrected chi connectivity index (χ1v) is 6.68. The maximum Gasteiger partial charge on any atom is 0.324 e. The molecule has 0 aliphatic carbocycles. The van der Waals surface area contributed by atoms with Crippen LogP contribution >= 0.6 is 11.6 Å². The number of anilines is 1.